The van der Waals surface area contributed by atoms with Gasteiger partial charge in [-0.1, -0.05) is 30.3 Å². The van der Waals surface area contributed by atoms with E-state index in [-0.39, 0.29) is 16.7 Å². The first kappa shape index (κ1) is 16.9. The van der Waals surface area contributed by atoms with Crippen LogP contribution in [0.1, 0.15) is 31.7 Å². The van der Waals surface area contributed by atoms with Crippen LogP contribution >= 0.6 is 0 Å². The van der Waals surface area contributed by atoms with E-state index >= 15 is 0 Å². The maximum absolute atomic E-state index is 12.6. The monoisotopic (exact) mass is 338 g/mol. The molecule has 0 amide bonds. The molecular formula is C17H26N2O3S. The smallest absolute Gasteiger partial charge is 0.215 e. The highest BCUT2D eigenvalue weighted by Crippen LogP contribution is 2.45. The Hall–Kier alpha value is -0.950. The molecule has 1 heterocycles. The molecule has 1 aromatic carbocycles. The summed E-state index contributed by atoms with van der Waals surface area (Å²) in [5, 5.41) is -0.287. The molecule has 5 nitrogen and oxygen atoms in total. The Morgan fingerprint density at radius 2 is 1.87 bits per heavy atom. The summed E-state index contributed by atoms with van der Waals surface area (Å²) < 4.78 is 33.3. The van der Waals surface area contributed by atoms with Gasteiger partial charge in [0.05, 0.1) is 18.5 Å². The van der Waals surface area contributed by atoms with Crippen molar-refractivity contribution in [2.24, 2.45) is 0 Å². The molecule has 0 aromatic heterocycles. The van der Waals surface area contributed by atoms with Gasteiger partial charge in [0, 0.05) is 31.1 Å². The van der Waals surface area contributed by atoms with Gasteiger partial charge in [-0.05, 0) is 25.8 Å². The lowest BCUT2D eigenvalue weighted by molar-refractivity contribution is -0.00804. The van der Waals surface area contributed by atoms with Gasteiger partial charge in [0.25, 0.3) is 0 Å². The highest BCUT2D eigenvalue weighted by Gasteiger charge is 2.48. The van der Waals surface area contributed by atoms with Crippen LogP contribution in [0.3, 0.4) is 0 Å². The number of ether oxygens (including phenoxy) is 1. The van der Waals surface area contributed by atoms with Gasteiger partial charge in [0.2, 0.25) is 10.0 Å². The Morgan fingerprint density at radius 1 is 1.22 bits per heavy atom. The normalized spacial score (nSPS) is 26.2. The zero-order chi connectivity index (χ0) is 16.5. The first-order chi connectivity index (χ1) is 10.9. The van der Waals surface area contributed by atoms with E-state index in [1.165, 1.54) is 0 Å². The minimum Gasteiger partial charge on any atom is -0.379 e. The Kier molecular flexibility index (Phi) is 4.78. The predicted molar refractivity (Wildman–Crippen MR) is 91.0 cm³/mol. The Bertz CT molecular complexity index is 624. The second kappa shape index (κ2) is 6.51. The van der Waals surface area contributed by atoms with Gasteiger partial charge in [-0.2, -0.15) is 0 Å². The van der Waals surface area contributed by atoms with E-state index in [9.17, 15) is 8.42 Å². The first-order valence-corrected chi connectivity index (χ1v) is 9.81. The molecule has 2 atom stereocenters. The average Bonchev–Trinajstić information content (AvgIpc) is 3.37. The molecule has 1 aliphatic carbocycles. The molecule has 1 saturated heterocycles. The number of nitrogens with one attached hydrogen (secondary N) is 1. The van der Waals surface area contributed by atoms with Crippen molar-refractivity contribution in [1.29, 1.82) is 0 Å². The summed E-state index contributed by atoms with van der Waals surface area (Å²) in [7, 11) is -3.26. The summed E-state index contributed by atoms with van der Waals surface area (Å²) in [6.07, 6.45) is 0.720. The minimum atomic E-state index is -3.26. The van der Waals surface area contributed by atoms with Crippen molar-refractivity contribution in [3.63, 3.8) is 0 Å². The third kappa shape index (κ3) is 3.94. The Balaban J connectivity index is 1.57. The topological polar surface area (TPSA) is 58.6 Å². The van der Waals surface area contributed by atoms with Crippen LogP contribution < -0.4 is 4.72 Å². The van der Waals surface area contributed by atoms with Crippen molar-refractivity contribution in [3.05, 3.63) is 35.9 Å². The number of sulfonamides is 1. The van der Waals surface area contributed by atoms with Gasteiger partial charge in [0.15, 0.2) is 0 Å². The maximum atomic E-state index is 12.6. The lowest BCUT2D eigenvalue weighted by Crippen LogP contribution is -2.55. The van der Waals surface area contributed by atoms with Gasteiger partial charge in [-0.25, -0.2) is 13.1 Å². The molecule has 128 valence electrons. The fourth-order valence-electron chi connectivity index (χ4n) is 3.23. The fraction of sp³-hybridized carbons (Fsp3) is 0.647. The third-order valence-corrected chi connectivity index (χ3v) is 6.80. The van der Waals surface area contributed by atoms with Crippen molar-refractivity contribution in [3.8, 4) is 0 Å². The van der Waals surface area contributed by atoms with Crippen LogP contribution in [0.15, 0.2) is 30.3 Å². The number of rotatable bonds is 6. The largest absolute Gasteiger partial charge is 0.379 e. The summed E-state index contributed by atoms with van der Waals surface area (Å²) in [6.45, 7) is 7.75. The summed E-state index contributed by atoms with van der Waals surface area (Å²) in [6, 6.07) is 9.91. The van der Waals surface area contributed by atoms with Gasteiger partial charge in [-0.15, -0.1) is 0 Å². The van der Waals surface area contributed by atoms with E-state index in [1.54, 1.807) is 0 Å². The molecule has 2 fully saturated rings. The highest BCUT2D eigenvalue weighted by atomic mass is 32.2. The molecule has 1 N–H and O–H groups in total. The van der Waals surface area contributed by atoms with E-state index < -0.39 is 10.0 Å². The molecule has 23 heavy (non-hydrogen) atoms. The SMILES string of the molecule is CC(C)(CNS(=O)(=O)C1CC1c1ccccc1)N1CCOCC1. The van der Waals surface area contributed by atoms with Crippen LogP contribution in [0.5, 0.6) is 0 Å². The van der Waals surface area contributed by atoms with E-state index in [0.717, 1.165) is 38.3 Å². The fourth-order valence-corrected chi connectivity index (χ4v) is 5.05. The average molecular weight is 338 g/mol. The van der Waals surface area contributed by atoms with Crippen LogP contribution in [0.4, 0.5) is 0 Å². The van der Waals surface area contributed by atoms with Gasteiger partial charge in [0.1, 0.15) is 0 Å². The van der Waals surface area contributed by atoms with Crippen molar-refractivity contribution < 1.29 is 13.2 Å². The zero-order valence-corrected chi connectivity index (χ0v) is 14.7. The quantitative estimate of drug-likeness (QED) is 0.855. The van der Waals surface area contributed by atoms with Crippen LogP contribution in [-0.4, -0.2) is 57.0 Å². The van der Waals surface area contributed by atoms with Crippen LogP contribution in [0, 0.1) is 0 Å². The molecule has 0 bridgehead atoms. The van der Waals surface area contributed by atoms with E-state index in [4.69, 9.17) is 4.74 Å². The number of morpholine rings is 1. The van der Waals surface area contributed by atoms with E-state index in [2.05, 4.69) is 23.5 Å². The molecule has 0 radical (unpaired) electrons. The zero-order valence-electron chi connectivity index (χ0n) is 13.9. The molecule has 2 unspecified atom stereocenters. The van der Waals surface area contributed by atoms with Crippen molar-refractivity contribution in [2.45, 2.75) is 37.0 Å². The number of benzene rings is 1. The standard InChI is InChI=1S/C17H26N2O3S/c1-17(2,19-8-10-22-11-9-19)13-18-23(20,21)16-12-15(16)14-6-4-3-5-7-14/h3-7,15-16,18H,8-13H2,1-2H3. The Morgan fingerprint density at radius 3 is 2.52 bits per heavy atom. The highest BCUT2D eigenvalue weighted by molar-refractivity contribution is 7.90. The summed E-state index contributed by atoms with van der Waals surface area (Å²) in [4.78, 5) is 2.29. The van der Waals surface area contributed by atoms with Crippen molar-refractivity contribution >= 4 is 10.0 Å². The number of nitrogens with zero attached hydrogens (tertiary/aromatic N) is 1. The molecule has 1 saturated carbocycles. The molecule has 0 spiro atoms. The van der Waals surface area contributed by atoms with E-state index in [1.807, 2.05) is 30.3 Å². The summed E-state index contributed by atoms with van der Waals surface area (Å²) in [5.74, 6) is 0.139. The lowest BCUT2D eigenvalue weighted by Gasteiger charge is -2.40. The van der Waals surface area contributed by atoms with Crippen LogP contribution in [0.2, 0.25) is 0 Å². The van der Waals surface area contributed by atoms with E-state index in [0.29, 0.717) is 6.54 Å². The molecule has 6 heteroatoms. The number of hydrogen-bond donors (Lipinski definition) is 1. The lowest BCUT2D eigenvalue weighted by atomic mass is 10.0. The predicted octanol–water partition coefficient (Wildman–Crippen LogP) is 1.57. The molecular weight excluding hydrogens is 312 g/mol. The van der Waals surface area contributed by atoms with Gasteiger partial charge < -0.3 is 4.74 Å². The first-order valence-electron chi connectivity index (χ1n) is 8.26. The van der Waals surface area contributed by atoms with Crippen molar-refractivity contribution in [1.82, 2.24) is 9.62 Å². The van der Waals surface area contributed by atoms with Crippen LogP contribution in [0.25, 0.3) is 0 Å². The summed E-state index contributed by atoms with van der Waals surface area (Å²) >= 11 is 0. The van der Waals surface area contributed by atoms with Crippen LogP contribution in [-0.2, 0) is 14.8 Å². The molecule has 1 aliphatic heterocycles. The molecule has 2 aliphatic rings. The maximum Gasteiger partial charge on any atom is 0.215 e. The van der Waals surface area contributed by atoms with Gasteiger partial charge in [-0.3, -0.25) is 4.90 Å². The second-order valence-corrected chi connectivity index (χ2v) is 9.05. The van der Waals surface area contributed by atoms with Crippen molar-refractivity contribution in [2.75, 3.05) is 32.8 Å². The minimum absolute atomic E-state index is 0.139. The molecule has 3 rings (SSSR count). The summed E-state index contributed by atoms with van der Waals surface area (Å²) in [5.41, 5.74) is 0.920. The van der Waals surface area contributed by atoms with Gasteiger partial charge >= 0.3 is 0 Å². The Labute approximate surface area is 139 Å². The number of hydrogen-bond acceptors (Lipinski definition) is 4. The third-order valence-electron chi connectivity index (χ3n) is 4.93. The molecule has 1 aromatic rings. The second-order valence-electron chi connectivity index (χ2n) is 7.07.